The summed E-state index contributed by atoms with van der Waals surface area (Å²) in [4.78, 5) is 0. The quantitative estimate of drug-likeness (QED) is 0.483. The van der Waals surface area contributed by atoms with E-state index in [1.54, 1.807) is 7.11 Å². The third-order valence-corrected chi connectivity index (χ3v) is 0.535. The molecule has 0 rings (SSSR count). The van der Waals surface area contributed by atoms with Crippen LogP contribution in [-0.4, -0.2) is 25.4 Å². The molecule has 0 saturated carbocycles. The molecule has 0 aromatic carbocycles. The van der Waals surface area contributed by atoms with Gasteiger partial charge in [-0.2, -0.15) is 0 Å². The lowest BCUT2D eigenvalue weighted by atomic mass is 10.5. The minimum absolute atomic E-state index is 0.137. The molecule has 0 fully saturated rings. The number of aliphatic hydroxyl groups is 1. The molecule has 48 valence electrons. The Bertz CT molecular complexity index is 163. The molecule has 0 saturated heterocycles. The highest BCUT2D eigenvalue weighted by molar-refractivity contribution is 5.25. The average Bonchev–Trinajstić information content (AvgIpc) is 1.89. The van der Waals surface area contributed by atoms with Crippen LogP contribution in [0.4, 0.5) is 0 Å². The van der Waals surface area contributed by atoms with E-state index in [-0.39, 0.29) is 6.61 Å². The molecule has 0 aromatic rings. The maximum Gasteiger partial charge on any atom is 0.108 e. The predicted molar refractivity (Wildman–Crippen MR) is 34.5 cm³/mol. The first-order valence-electron chi connectivity index (χ1n) is 2.47. The Morgan fingerprint density at radius 3 is 2.56 bits per heavy atom. The molecule has 0 spiro atoms. The predicted octanol–water partition coefficient (Wildman–Crippen LogP) is -0.368. The van der Waals surface area contributed by atoms with Gasteiger partial charge in [-0.05, 0) is 11.8 Å². The maximum absolute atomic E-state index is 8.15. The Kier molecular flexibility index (Phi) is 6.29. The SMILES string of the molecule is COCC#CC#CCO. The average molecular weight is 124 g/mol. The summed E-state index contributed by atoms with van der Waals surface area (Å²) in [5.41, 5.74) is 0. The molecule has 0 amide bonds. The Morgan fingerprint density at radius 2 is 2.00 bits per heavy atom. The first-order chi connectivity index (χ1) is 4.41. The zero-order chi connectivity index (χ0) is 6.95. The van der Waals surface area contributed by atoms with Crippen molar-refractivity contribution in [1.29, 1.82) is 0 Å². The lowest BCUT2D eigenvalue weighted by Crippen LogP contribution is -1.79. The van der Waals surface area contributed by atoms with Gasteiger partial charge >= 0.3 is 0 Å². The number of aliphatic hydroxyl groups excluding tert-OH is 1. The lowest BCUT2D eigenvalue weighted by Gasteiger charge is -1.78. The number of rotatable bonds is 1. The van der Waals surface area contributed by atoms with Crippen LogP contribution in [0, 0.1) is 23.7 Å². The van der Waals surface area contributed by atoms with Crippen molar-refractivity contribution in [3.63, 3.8) is 0 Å². The van der Waals surface area contributed by atoms with E-state index in [2.05, 4.69) is 28.4 Å². The molecule has 2 heteroatoms. The highest BCUT2D eigenvalue weighted by Crippen LogP contribution is 1.59. The molecular weight excluding hydrogens is 116 g/mol. The van der Waals surface area contributed by atoms with Crippen LogP contribution >= 0.6 is 0 Å². The minimum atomic E-state index is -0.137. The van der Waals surface area contributed by atoms with Gasteiger partial charge in [0.15, 0.2) is 0 Å². The van der Waals surface area contributed by atoms with Crippen LogP contribution in [0.25, 0.3) is 0 Å². The zero-order valence-corrected chi connectivity index (χ0v) is 5.27. The zero-order valence-electron chi connectivity index (χ0n) is 5.27. The van der Waals surface area contributed by atoms with E-state index in [1.165, 1.54) is 0 Å². The largest absolute Gasteiger partial charge is 0.384 e. The van der Waals surface area contributed by atoms with Gasteiger partial charge in [0, 0.05) is 7.11 Å². The molecule has 0 aromatic heterocycles. The normalized spacial score (nSPS) is 6.44. The van der Waals surface area contributed by atoms with Crippen molar-refractivity contribution >= 4 is 0 Å². The Balaban J connectivity index is 3.36. The summed E-state index contributed by atoms with van der Waals surface area (Å²) in [5, 5.41) is 8.15. The van der Waals surface area contributed by atoms with E-state index in [0.29, 0.717) is 6.61 Å². The first-order valence-corrected chi connectivity index (χ1v) is 2.47. The van der Waals surface area contributed by atoms with Crippen molar-refractivity contribution in [2.45, 2.75) is 0 Å². The van der Waals surface area contributed by atoms with Crippen molar-refractivity contribution in [2.24, 2.45) is 0 Å². The fraction of sp³-hybridized carbons (Fsp3) is 0.429. The smallest absolute Gasteiger partial charge is 0.108 e. The van der Waals surface area contributed by atoms with Crippen LogP contribution in [0.3, 0.4) is 0 Å². The molecule has 0 aliphatic heterocycles. The lowest BCUT2D eigenvalue weighted by molar-refractivity contribution is 0.240. The molecule has 0 atom stereocenters. The summed E-state index contributed by atoms with van der Waals surface area (Å²) in [6.07, 6.45) is 0. The van der Waals surface area contributed by atoms with Crippen molar-refractivity contribution in [3.8, 4) is 23.7 Å². The van der Waals surface area contributed by atoms with Crippen LogP contribution in [0.1, 0.15) is 0 Å². The fourth-order valence-electron chi connectivity index (χ4n) is 0.236. The molecule has 9 heavy (non-hydrogen) atoms. The number of methoxy groups -OCH3 is 1. The van der Waals surface area contributed by atoms with Crippen LogP contribution in [0.2, 0.25) is 0 Å². The van der Waals surface area contributed by atoms with Gasteiger partial charge in [0.05, 0.1) is 0 Å². The van der Waals surface area contributed by atoms with E-state index in [0.717, 1.165) is 0 Å². The highest BCUT2D eigenvalue weighted by atomic mass is 16.5. The van der Waals surface area contributed by atoms with Gasteiger partial charge in [0.2, 0.25) is 0 Å². The van der Waals surface area contributed by atoms with Crippen LogP contribution in [0.5, 0.6) is 0 Å². The van der Waals surface area contributed by atoms with Crippen molar-refractivity contribution in [3.05, 3.63) is 0 Å². The van der Waals surface area contributed by atoms with Gasteiger partial charge < -0.3 is 9.84 Å². The Labute approximate surface area is 54.8 Å². The molecule has 0 bridgehead atoms. The molecule has 2 nitrogen and oxygen atoms in total. The van der Waals surface area contributed by atoms with Gasteiger partial charge in [-0.15, -0.1) is 0 Å². The molecule has 0 radical (unpaired) electrons. The van der Waals surface area contributed by atoms with Crippen LogP contribution in [0.15, 0.2) is 0 Å². The van der Waals surface area contributed by atoms with E-state index < -0.39 is 0 Å². The third kappa shape index (κ3) is 7.04. The maximum atomic E-state index is 8.15. The second-order valence-corrected chi connectivity index (χ2v) is 1.19. The number of hydrogen-bond acceptors (Lipinski definition) is 2. The number of hydrogen-bond donors (Lipinski definition) is 1. The summed E-state index contributed by atoms with van der Waals surface area (Å²) in [7, 11) is 1.56. The molecule has 0 unspecified atom stereocenters. The summed E-state index contributed by atoms with van der Waals surface area (Å²) in [5.74, 6) is 9.92. The van der Waals surface area contributed by atoms with Gasteiger partial charge in [-0.25, -0.2) is 0 Å². The molecule has 1 N–H and O–H groups in total. The standard InChI is InChI=1S/C7H8O2/c1-9-7-5-3-2-4-6-8/h8H,6-7H2,1H3. The second-order valence-electron chi connectivity index (χ2n) is 1.19. The van der Waals surface area contributed by atoms with E-state index in [1.807, 2.05) is 0 Å². The van der Waals surface area contributed by atoms with Crippen molar-refractivity contribution < 1.29 is 9.84 Å². The van der Waals surface area contributed by atoms with Crippen molar-refractivity contribution in [1.82, 2.24) is 0 Å². The third-order valence-electron chi connectivity index (χ3n) is 0.535. The summed E-state index contributed by atoms with van der Waals surface area (Å²) < 4.78 is 4.62. The van der Waals surface area contributed by atoms with Gasteiger partial charge in [0.1, 0.15) is 13.2 Å². The van der Waals surface area contributed by atoms with Gasteiger partial charge in [-0.3, -0.25) is 0 Å². The van der Waals surface area contributed by atoms with Gasteiger partial charge in [-0.1, -0.05) is 11.8 Å². The molecule has 0 aliphatic rings. The summed E-state index contributed by atoms with van der Waals surface area (Å²) >= 11 is 0. The van der Waals surface area contributed by atoms with E-state index >= 15 is 0 Å². The fourth-order valence-corrected chi connectivity index (χ4v) is 0.236. The monoisotopic (exact) mass is 124 g/mol. The Hall–Kier alpha value is -0.960. The minimum Gasteiger partial charge on any atom is -0.384 e. The van der Waals surface area contributed by atoms with E-state index in [4.69, 9.17) is 5.11 Å². The Morgan fingerprint density at radius 1 is 1.33 bits per heavy atom. The summed E-state index contributed by atoms with van der Waals surface area (Å²) in [6, 6.07) is 0. The number of ether oxygens (including phenoxy) is 1. The van der Waals surface area contributed by atoms with E-state index in [9.17, 15) is 0 Å². The van der Waals surface area contributed by atoms with Gasteiger partial charge in [0.25, 0.3) is 0 Å². The molecular formula is C7H8O2. The van der Waals surface area contributed by atoms with Crippen LogP contribution in [-0.2, 0) is 4.74 Å². The summed E-state index contributed by atoms with van der Waals surface area (Å²) in [6.45, 7) is 0.252. The highest BCUT2D eigenvalue weighted by Gasteiger charge is 1.63. The second kappa shape index (κ2) is 7.04. The topological polar surface area (TPSA) is 29.5 Å². The molecule has 0 heterocycles. The first kappa shape index (κ1) is 8.04. The van der Waals surface area contributed by atoms with Crippen LogP contribution < -0.4 is 0 Å². The molecule has 0 aliphatic carbocycles. The van der Waals surface area contributed by atoms with Crippen molar-refractivity contribution in [2.75, 3.05) is 20.3 Å².